The fraction of sp³-hybridized carbons (Fsp3) is 0.698. The summed E-state index contributed by atoms with van der Waals surface area (Å²) < 4.78 is 48.6. The van der Waals surface area contributed by atoms with Gasteiger partial charge in [0.1, 0.15) is 0 Å². The molecule has 0 radical (unpaired) electrons. The van der Waals surface area contributed by atoms with Crippen LogP contribution in [0.5, 0.6) is 23.0 Å². The van der Waals surface area contributed by atoms with Crippen LogP contribution in [0.4, 0.5) is 4.79 Å². The molecule has 10 rings (SSSR count). The molecule has 4 aliphatic heterocycles. The van der Waals surface area contributed by atoms with Crippen LogP contribution in [-0.4, -0.2) is 87.7 Å². The summed E-state index contributed by atoms with van der Waals surface area (Å²) in [7, 11) is 3.10. The fourth-order valence-electron chi connectivity index (χ4n) is 12.5. The highest BCUT2D eigenvalue weighted by atomic mass is 16.8. The molecule has 55 heavy (non-hydrogen) atoms. The number of phenols is 1. The van der Waals surface area contributed by atoms with E-state index in [2.05, 4.69) is 25.2 Å². The molecule has 2 saturated heterocycles. The minimum atomic E-state index is -0.737. The Morgan fingerprint density at radius 3 is 1.95 bits per heavy atom. The number of hydrogen-bond acceptors (Lipinski definition) is 11. The number of rotatable bonds is 8. The van der Waals surface area contributed by atoms with Crippen LogP contribution in [0.2, 0.25) is 0 Å². The number of phenolic OH excluding ortho intramolecular Hbond substituents is 1. The minimum absolute atomic E-state index is 0.0222. The molecular weight excluding hydrogens is 704 g/mol. The molecule has 12 nitrogen and oxygen atoms in total. The lowest BCUT2D eigenvalue weighted by Crippen LogP contribution is -2.67. The van der Waals surface area contributed by atoms with E-state index >= 15 is 0 Å². The Kier molecular flexibility index (Phi) is 9.47. The molecule has 8 aliphatic rings. The Labute approximate surface area is 324 Å². The number of unbranched alkanes of at least 4 members (excludes halogenated alkanes) is 2. The van der Waals surface area contributed by atoms with Gasteiger partial charge in [-0.2, -0.15) is 0 Å². The van der Waals surface area contributed by atoms with Crippen molar-refractivity contribution in [2.45, 2.75) is 138 Å². The molecule has 300 valence electrons. The van der Waals surface area contributed by atoms with E-state index in [1.165, 1.54) is 29.4 Å². The monoisotopic (exact) mass is 762 g/mol. The first kappa shape index (κ1) is 37.3. The summed E-state index contributed by atoms with van der Waals surface area (Å²) in [6.07, 6.45) is 10.5. The van der Waals surface area contributed by atoms with E-state index in [1.807, 2.05) is 12.1 Å². The zero-order valence-electron chi connectivity index (χ0n) is 32.8. The molecule has 1 amide bonds. The van der Waals surface area contributed by atoms with Crippen LogP contribution >= 0.6 is 0 Å². The maximum Gasteiger partial charge on any atom is 0.407 e. The third-order valence-corrected chi connectivity index (χ3v) is 14.5. The van der Waals surface area contributed by atoms with Crippen molar-refractivity contribution in [3.63, 3.8) is 0 Å². The highest BCUT2D eigenvalue weighted by Crippen LogP contribution is 2.66. The van der Waals surface area contributed by atoms with Crippen molar-refractivity contribution in [1.82, 2.24) is 5.32 Å². The van der Waals surface area contributed by atoms with E-state index in [0.29, 0.717) is 38.1 Å². The number of benzene rings is 2. The number of carbonyl (C=O) groups excluding carboxylic acids is 1. The van der Waals surface area contributed by atoms with Gasteiger partial charge in [0, 0.05) is 46.9 Å². The molecular formula is C43H58N2O10. The van der Waals surface area contributed by atoms with Gasteiger partial charge in [0.05, 0.1) is 40.6 Å². The molecule has 2 aromatic rings. The molecule has 4 aliphatic carbocycles. The first-order valence-electron chi connectivity index (χ1n) is 20.8. The first-order chi connectivity index (χ1) is 26.7. The predicted octanol–water partition coefficient (Wildman–Crippen LogP) is 5.94. The van der Waals surface area contributed by atoms with Crippen LogP contribution in [0, 0.1) is 11.8 Å². The molecule has 4 fully saturated rings. The van der Waals surface area contributed by atoms with Crippen LogP contribution in [0.3, 0.4) is 0 Å². The van der Waals surface area contributed by atoms with E-state index in [0.717, 1.165) is 88.5 Å². The van der Waals surface area contributed by atoms with Crippen molar-refractivity contribution >= 4 is 6.09 Å². The molecule has 0 bridgehead atoms. The zero-order valence-corrected chi connectivity index (χ0v) is 32.8. The molecule has 2 saturated carbocycles. The van der Waals surface area contributed by atoms with Crippen molar-refractivity contribution in [2.75, 3.05) is 40.6 Å². The number of hydrogen-bond donors (Lipinski definition) is 3. The highest BCUT2D eigenvalue weighted by Gasteiger charge is 2.71. The molecule has 8 atom stereocenters. The van der Waals surface area contributed by atoms with E-state index in [9.17, 15) is 9.90 Å². The summed E-state index contributed by atoms with van der Waals surface area (Å²) in [4.78, 5) is 12.2. The molecule has 2 aromatic carbocycles. The number of fused-ring (bicyclic) bond motifs is 2. The summed E-state index contributed by atoms with van der Waals surface area (Å²) in [6, 6.07) is 7.96. The first-order valence-corrected chi connectivity index (χ1v) is 20.8. The summed E-state index contributed by atoms with van der Waals surface area (Å²) in [5.74, 6) is 1.60. The number of amides is 1. The van der Waals surface area contributed by atoms with Crippen LogP contribution in [0.1, 0.15) is 100 Å². The number of nitrogens with one attached hydrogen (secondary N) is 1. The van der Waals surface area contributed by atoms with Crippen LogP contribution in [0.15, 0.2) is 24.3 Å². The number of aromatic hydroxyl groups is 1. The van der Waals surface area contributed by atoms with Gasteiger partial charge in [-0.25, -0.2) is 4.79 Å². The van der Waals surface area contributed by atoms with Gasteiger partial charge < -0.3 is 54.1 Å². The lowest BCUT2D eigenvalue weighted by atomic mass is 9.52. The Hall–Kier alpha value is -3.29. The number of carbonyl (C=O) groups is 1. The quantitative estimate of drug-likeness (QED) is 0.294. The Bertz CT molecular complexity index is 1790. The lowest BCUT2D eigenvalue weighted by Gasteiger charge is -2.55. The van der Waals surface area contributed by atoms with Crippen molar-refractivity contribution in [2.24, 2.45) is 17.6 Å². The maximum atomic E-state index is 12.2. The van der Waals surface area contributed by atoms with Gasteiger partial charge in [0.2, 0.25) is 11.6 Å². The van der Waals surface area contributed by atoms with E-state index < -0.39 is 11.6 Å². The molecule has 12 heteroatoms. The summed E-state index contributed by atoms with van der Waals surface area (Å²) in [5.41, 5.74) is 11.0. The summed E-state index contributed by atoms with van der Waals surface area (Å²) in [5, 5.41) is 13.6. The third kappa shape index (κ3) is 5.30. The van der Waals surface area contributed by atoms with Gasteiger partial charge in [-0.15, -0.1) is 0 Å². The normalized spacial score (nSPS) is 34.6. The van der Waals surface area contributed by atoms with Crippen LogP contribution < -0.4 is 25.3 Å². The van der Waals surface area contributed by atoms with Gasteiger partial charge in [0.25, 0.3) is 0 Å². The second kappa shape index (κ2) is 14.0. The number of alkyl carbamates (subject to hydrolysis) is 1. The van der Waals surface area contributed by atoms with Crippen molar-refractivity contribution < 1.29 is 47.8 Å². The van der Waals surface area contributed by atoms with E-state index in [-0.39, 0.29) is 52.9 Å². The molecule has 4 N–H and O–H groups in total. The van der Waals surface area contributed by atoms with Gasteiger partial charge in [0.15, 0.2) is 35.2 Å². The maximum absolute atomic E-state index is 12.2. The summed E-state index contributed by atoms with van der Waals surface area (Å²) in [6.45, 7) is 6.80. The average Bonchev–Trinajstić information content (AvgIpc) is 4.00. The SMILES string of the molecule is CCCC[C@]12c3c4ccc(O)c3OC1C1(CCC2C(N)C4)OCCO1.CCCC[C@]12c3c4ccc(OC)c3OC1C1(CCC2C(NC(=O)OC)C4)OCCO1. The zero-order chi connectivity index (χ0) is 38.2. The molecule has 2 spiro atoms. The lowest BCUT2D eigenvalue weighted by molar-refractivity contribution is -0.254. The Morgan fingerprint density at radius 1 is 0.800 bits per heavy atom. The van der Waals surface area contributed by atoms with Crippen molar-refractivity contribution in [3.05, 3.63) is 46.5 Å². The summed E-state index contributed by atoms with van der Waals surface area (Å²) >= 11 is 0. The number of methoxy groups -OCH3 is 2. The molecule has 6 unspecified atom stereocenters. The van der Waals surface area contributed by atoms with Gasteiger partial charge in [-0.3, -0.25) is 0 Å². The van der Waals surface area contributed by atoms with E-state index in [1.54, 1.807) is 13.2 Å². The van der Waals surface area contributed by atoms with Crippen LogP contribution in [-0.2, 0) is 47.4 Å². The minimum Gasteiger partial charge on any atom is -0.504 e. The van der Waals surface area contributed by atoms with Crippen molar-refractivity contribution in [1.29, 1.82) is 0 Å². The third-order valence-electron chi connectivity index (χ3n) is 14.5. The largest absolute Gasteiger partial charge is 0.504 e. The van der Waals surface area contributed by atoms with Crippen LogP contribution in [0.25, 0.3) is 0 Å². The van der Waals surface area contributed by atoms with Gasteiger partial charge in [-0.05, 0) is 73.6 Å². The second-order valence-electron chi connectivity index (χ2n) is 17.0. The predicted molar refractivity (Wildman–Crippen MR) is 202 cm³/mol. The molecule has 4 heterocycles. The standard InChI is InChI=1S/C23H31NO6.C20H27NO4/c1-4-5-9-22-15-8-10-23(28-11-12-29-23)20(22)30-19-17(26-2)7-6-14(18(19)22)13-16(15)24-21(25)27-3;1-2-3-7-19-13-6-8-20(23-9-10-24-20)18(19)25-17-15(22)5-4-12(16(17)19)11-14(13)21/h6-7,15-16,20H,4-5,8-13H2,1-3H3,(H,24,25);4-5,13-14,18,22H,2-3,6-11,21H2,1H3/t15?,16?,20?,22-;13?,14?,18?,19-/m00/s1. The molecule has 0 aromatic heterocycles. The Morgan fingerprint density at radius 2 is 1.35 bits per heavy atom. The topological polar surface area (TPSA) is 149 Å². The van der Waals surface area contributed by atoms with Gasteiger partial charge in [-0.1, -0.05) is 51.7 Å². The van der Waals surface area contributed by atoms with Gasteiger partial charge >= 0.3 is 6.09 Å². The number of nitrogens with two attached hydrogens (primary N) is 1. The fourth-order valence-corrected chi connectivity index (χ4v) is 12.5. The number of ether oxygens (including phenoxy) is 8. The van der Waals surface area contributed by atoms with E-state index in [4.69, 9.17) is 43.6 Å². The Balaban J connectivity index is 0.000000147. The average molecular weight is 763 g/mol. The highest BCUT2D eigenvalue weighted by molar-refractivity contribution is 5.68. The smallest absolute Gasteiger partial charge is 0.407 e. The second-order valence-corrected chi connectivity index (χ2v) is 17.0. The van der Waals surface area contributed by atoms with Crippen molar-refractivity contribution in [3.8, 4) is 23.0 Å².